The standard InChI is InChI=1S/C33H38N2O6/c1-6-40-27-17-14-24(20-28(27)39-5)30-29(32(37)33(38)35(30)19-9-18-34(3)4)31(36)23-12-15-26(16-13-23)41-21-25-11-8-7-10-22(25)2/h7-8,10-17,20,30,36H,6,9,18-19,21H2,1-5H3. The molecule has 1 heterocycles. The highest BCUT2D eigenvalue weighted by atomic mass is 16.5. The summed E-state index contributed by atoms with van der Waals surface area (Å²) < 4.78 is 17.1. The molecule has 0 spiro atoms. The number of hydrogen-bond donors (Lipinski definition) is 1. The number of carbonyl (C=O) groups is 2. The van der Waals surface area contributed by atoms with Gasteiger partial charge in [0.25, 0.3) is 11.7 Å². The normalized spacial score (nSPS) is 16.3. The molecule has 1 unspecified atom stereocenters. The first kappa shape index (κ1) is 29.7. The Bertz CT molecular complexity index is 1410. The van der Waals surface area contributed by atoms with Gasteiger partial charge in [0.15, 0.2) is 11.5 Å². The van der Waals surface area contributed by atoms with Gasteiger partial charge in [-0.1, -0.05) is 30.3 Å². The Kier molecular flexibility index (Phi) is 9.68. The number of aryl methyl sites for hydroxylation is 1. The molecule has 0 radical (unpaired) electrons. The predicted molar refractivity (Wildman–Crippen MR) is 158 cm³/mol. The lowest BCUT2D eigenvalue weighted by molar-refractivity contribution is -0.139. The van der Waals surface area contributed by atoms with Gasteiger partial charge in [0.05, 0.1) is 25.3 Å². The molecule has 41 heavy (non-hydrogen) atoms. The number of aliphatic hydroxyl groups is 1. The second-order valence-electron chi connectivity index (χ2n) is 10.2. The fourth-order valence-electron chi connectivity index (χ4n) is 4.94. The molecular formula is C33H38N2O6. The van der Waals surface area contributed by atoms with Gasteiger partial charge in [-0.3, -0.25) is 9.59 Å². The summed E-state index contributed by atoms with van der Waals surface area (Å²) in [5.74, 6) is 0.0814. The summed E-state index contributed by atoms with van der Waals surface area (Å²) in [4.78, 5) is 30.2. The highest BCUT2D eigenvalue weighted by Crippen LogP contribution is 2.42. The third kappa shape index (κ3) is 6.72. The number of aliphatic hydroxyl groups excluding tert-OH is 1. The van der Waals surface area contributed by atoms with Crippen molar-refractivity contribution in [2.75, 3.05) is 40.9 Å². The third-order valence-electron chi connectivity index (χ3n) is 7.13. The van der Waals surface area contributed by atoms with E-state index in [0.717, 1.165) is 17.7 Å². The lowest BCUT2D eigenvalue weighted by Gasteiger charge is -2.26. The summed E-state index contributed by atoms with van der Waals surface area (Å²) in [6.07, 6.45) is 0.664. The van der Waals surface area contributed by atoms with Gasteiger partial charge in [-0.05, 0) is 94.0 Å². The average Bonchev–Trinajstić information content (AvgIpc) is 3.22. The maximum Gasteiger partial charge on any atom is 0.295 e. The number of ketones is 1. The number of carbonyl (C=O) groups excluding carboxylic acids is 2. The van der Waals surface area contributed by atoms with Crippen LogP contribution in [0.5, 0.6) is 17.2 Å². The fourth-order valence-corrected chi connectivity index (χ4v) is 4.94. The summed E-state index contributed by atoms with van der Waals surface area (Å²) in [7, 11) is 5.45. The molecular weight excluding hydrogens is 520 g/mol. The monoisotopic (exact) mass is 558 g/mol. The number of likely N-dealkylation sites (tertiary alicyclic amines) is 1. The number of Topliss-reactive ketones (excluding diaryl/α,β-unsaturated/α-hetero) is 1. The summed E-state index contributed by atoms with van der Waals surface area (Å²) in [5.41, 5.74) is 3.33. The molecule has 1 N–H and O–H groups in total. The molecule has 0 aliphatic carbocycles. The van der Waals surface area contributed by atoms with Crippen molar-refractivity contribution in [3.05, 3.63) is 94.6 Å². The van der Waals surface area contributed by atoms with Crippen molar-refractivity contribution in [3.8, 4) is 17.2 Å². The third-order valence-corrected chi connectivity index (χ3v) is 7.13. The summed E-state index contributed by atoms with van der Waals surface area (Å²) >= 11 is 0. The minimum Gasteiger partial charge on any atom is -0.507 e. The molecule has 1 atom stereocenters. The van der Waals surface area contributed by atoms with E-state index in [0.29, 0.717) is 54.6 Å². The molecule has 0 bridgehead atoms. The molecule has 4 rings (SSSR count). The van der Waals surface area contributed by atoms with Gasteiger partial charge in [-0.15, -0.1) is 0 Å². The largest absolute Gasteiger partial charge is 0.507 e. The summed E-state index contributed by atoms with van der Waals surface area (Å²) in [5, 5.41) is 11.4. The van der Waals surface area contributed by atoms with Crippen molar-refractivity contribution >= 4 is 17.4 Å². The van der Waals surface area contributed by atoms with Crippen molar-refractivity contribution in [1.29, 1.82) is 0 Å². The molecule has 1 aliphatic heterocycles. The topological polar surface area (TPSA) is 88.5 Å². The van der Waals surface area contributed by atoms with Crippen LogP contribution in [-0.2, 0) is 16.2 Å². The van der Waals surface area contributed by atoms with E-state index in [-0.39, 0.29) is 11.3 Å². The van der Waals surface area contributed by atoms with Crippen molar-refractivity contribution in [3.63, 3.8) is 0 Å². The van der Waals surface area contributed by atoms with Gasteiger partial charge in [-0.25, -0.2) is 0 Å². The number of ether oxygens (including phenoxy) is 3. The van der Waals surface area contributed by atoms with Crippen LogP contribution in [0.4, 0.5) is 0 Å². The van der Waals surface area contributed by atoms with Crippen molar-refractivity contribution < 1.29 is 28.9 Å². The lowest BCUT2D eigenvalue weighted by atomic mass is 9.95. The first-order valence-electron chi connectivity index (χ1n) is 13.8. The van der Waals surface area contributed by atoms with E-state index in [1.807, 2.05) is 57.1 Å². The number of methoxy groups -OCH3 is 1. The number of benzene rings is 3. The smallest absolute Gasteiger partial charge is 0.295 e. The van der Waals surface area contributed by atoms with Crippen LogP contribution in [0.2, 0.25) is 0 Å². The highest BCUT2D eigenvalue weighted by molar-refractivity contribution is 6.46. The maximum atomic E-state index is 13.4. The summed E-state index contributed by atoms with van der Waals surface area (Å²) in [6.45, 7) is 5.88. The molecule has 0 saturated carbocycles. The maximum absolute atomic E-state index is 13.4. The van der Waals surface area contributed by atoms with Gasteiger partial charge < -0.3 is 29.1 Å². The van der Waals surface area contributed by atoms with Crippen molar-refractivity contribution in [2.24, 2.45) is 0 Å². The first-order valence-corrected chi connectivity index (χ1v) is 13.8. The van der Waals surface area contributed by atoms with Crippen LogP contribution in [0, 0.1) is 6.92 Å². The van der Waals surface area contributed by atoms with Gasteiger partial charge in [0.1, 0.15) is 18.1 Å². The Labute approximate surface area is 241 Å². The Morgan fingerprint density at radius 1 is 0.976 bits per heavy atom. The number of hydrogen-bond acceptors (Lipinski definition) is 7. The molecule has 1 aliphatic rings. The molecule has 1 amide bonds. The average molecular weight is 559 g/mol. The molecule has 216 valence electrons. The van der Waals surface area contributed by atoms with E-state index in [4.69, 9.17) is 14.2 Å². The van der Waals surface area contributed by atoms with E-state index in [1.54, 1.807) is 49.6 Å². The molecule has 0 aromatic heterocycles. The van der Waals surface area contributed by atoms with Gasteiger partial charge in [0, 0.05) is 12.1 Å². The Balaban J connectivity index is 1.68. The lowest BCUT2D eigenvalue weighted by Crippen LogP contribution is -2.32. The van der Waals surface area contributed by atoms with Crippen LogP contribution in [0.25, 0.3) is 5.76 Å². The number of rotatable bonds is 12. The number of nitrogens with zero attached hydrogens (tertiary/aromatic N) is 2. The van der Waals surface area contributed by atoms with E-state index >= 15 is 0 Å². The number of amides is 1. The zero-order valence-electron chi connectivity index (χ0n) is 24.3. The van der Waals surface area contributed by atoms with Crippen LogP contribution < -0.4 is 14.2 Å². The quantitative estimate of drug-likeness (QED) is 0.182. The van der Waals surface area contributed by atoms with Gasteiger partial charge in [-0.2, -0.15) is 0 Å². The Morgan fingerprint density at radius 3 is 2.37 bits per heavy atom. The highest BCUT2D eigenvalue weighted by Gasteiger charge is 2.46. The minimum absolute atomic E-state index is 0.0413. The zero-order valence-corrected chi connectivity index (χ0v) is 24.3. The second kappa shape index (κ2) is 13.4. The van der Waals surface area contributed by atoms with Crippen molar-refractivity contribution in [1.82, 2.24) is 9.80 Å². The van der Waals surface area contributed by atoms with Crippen molar-refractivity contribution in [2.45, 2.75) is 32.9 Å². The fraction of sp³-hybridized carbons (Fsp3) is 0.333. The first-order chi connectivity index (χ1) is 19.7. The van der Waals surface area contributed by atoms with Gasteiger partial charge in [0.2, 0.25) is 0 Å². The second-order valence-corrected chi connectivity index (χ2v) is 10.2. The SMILES string of the molecule is CCOc1ccc(C2C(=C(O)c3ccc(OCc4ccccc4C)cc3)C(=O)C(=O)N2CCCN(C)C)cc1OC. The molecule has 1 fully saturated rings. The van der Waals surface area contributed by atoms with E-state index in [9.17, 15) is 14.7 Å². The van der Waals surface area contributed by atoms with Crippen LogP contribution >= 0.6 is 0 Å². The van der Waals surface area contributed by atoms with Crippen LogP contribution in [0.1, 0.15) is 41.6 Å². The molecule has 8 nitrogen and oxygen atoms in total. The van der Waals surface area contributed by atoms with E-state index < -0.39 is 17.7 Å². The zero-order chi connectivity index (χ0) is 29.5. The summed E-state index contributed by atoms with van der Waals surface area (Å²) in [6, 6.07) is 19.4. The van der Waals surface area contributed by atoms with Gasteiger partial charge >= 0.3 is 0 Å². The Hall–Kier alpha value is -4.30. The predicted octanol–water partition coefficient (Wildman–Crippen LogP) is 5.35. The van der Waals surface area contributed by atoms with E-state index in [2.05, 4.69) is 0 Å². The van der Waals surface area contributed by atoms with E-state index in [1.165, 1.54) is 4.90 Å². The molecule has 3 aromatic rings. The minimum atomic E-state index is -0.779. The molecule has 1 saturated heterocycles. The molecule has 3 aromatic carbocycles. The molecule has 8 heteroatoms. The van der Waals surface area contributed by atoms with Crippen LogP contribution in [0.3, 0.4) is 0 Å². The Morgan fingerprint density at radius 2 is 1.71 bits per heavy atom. The van der Waals surface area contributed by atoms with Crippen LogP contribution in [-0.4, -0.2) is 67.5 Å². The van der Waals surface area contributed by atoms with Crippen LogP contribution in [0.15, 0.2) is 72.3 Å².